The number of benzene rings is 1. The highest BCUT2D eigenvalue weighted by Gasteiger charge is 1.95. The van der Waals surface area contributed by atoms with E-state index in [2.05, 4.69) is 43.4 Å². The minimum absolute atomic E-state index is 1.06. The van der Waals surface area contributed by atoms with Crippen LogP contribution in [0.3, 0.4) is 0 Å². The van der Waals surface area contributed by atoms with Gasteiger partial charge in [0.2, 0.25) is 0 Å². The van der Waals surface area contributed by atoms with Gasteiger partial charge in [0.1, 0.15) is 0 Å². The van der Waals surface area contributed by atoms with Crippen molar-refractivity contribution in [2.45, 2.75) is 52.4 Å². The number of aryl methyl sites for hydroxylation is 1. The summed E-state index contributed by atoms with van der Waals surface area (Å²) in [7, 11) is 0. The second-order valence-corrected chi connectivity index (χ2v) is 4.73. The van der Waals surface area contributed by atoms with Gasteiger partial charge in [0.25, 0.3) is 0 Å². The summed E-state index contributed by atoms with van der Waals surface area (Å²) in [6, 6.07) is 9.17. The molecule has 0 saturated carbocycles. The lowest BCUT2D eigenvalue weighted by Crippen LogP contribution is -2.15. The van der Waals surface area contributed by atoms with Crippen LogP contribution in [-0.2, 0) is 12.8 Å². The zero-order valence-corrected chi connectivity index (χ0v) is 11.5. The fourth-order valence-electron chi connectivity index (χ4n) is 2.04. The smallest absolute Gasteiger partial charge is 0.000847 e. The molecule has 1 N–H and O–H groups in total. The quantitative estimate of drug-likeness (QED) is 0.637. The zero-order chi connectivity index (χ0) is 12.3. The summed E-state index contributed by atoms with van der Waals surface area (Å²) in [5.41, 5.74) is 2.94. The molecule has 0 aliphatic carbocycles. The summed E-state index contributed by atoms with van der Waals surface area (Å²) >= 11 is 0. The highest BCUT2D eigenvalue weighted by Crippen LogP contribution is 2.10. The molecule has 1 rings (SSSR count). The fourth-order valence-corrected chi connectivity index (χ4v) is 2.04. The van der Waals surface area contributed by atoms with E-state index in [1.807, 2.05) is 0 Å². The fraction of sp³-hybridized carbons (Fsp3) is 0.625. The molecule has 1 nitrogen and oxygen atoms in total. The first-order valence-corrected chi connectivity index (χ1v) is 7.15. The molecule has 0 aromatic heterocycles. The molecule has 0 aliphatic rings. The van der Waals surface area contributed by atoms with Crippen LogP contribution in [0.1, 0.15) is 50.7 Å². The highest BCUT2D eigenvalue weighted by atomic mass is 14.8. The molecular weight excluding hydrogens is 206 g/mol. The van der Waals surface area contributed by atoms with Crippen molar-refractivity contribution in [3.63, 3.8) is 0 Å². The van der Waals surface area contributed by atoms with Gasteiger partial charge < -0.3 is 5.32 Å². The van der Waals surface area contributed by atoms with Crippen LogP contribution in [-0.4, -0.2) is 13.1 Å². The van der Waals surface area contributed by atoms with Crippen LogP contribution in [0.5, 0.6) is 0 Å². The van der Waals surface area contributed by atoms with Gasteiger partial charge in [-0.1, -0.05) is 57.4 Å². The summed E-state index contributed by atoms with van der Waals surface area (Å²) in [5.74, 6) is 0. The first kappa shape index (κ1) is 14.2. The third-order valence-electron chi connectivity index (χ3n) is 3.18. The van der Waals surface area contributed by atoms with E-state index in [-0.39, 0.29) is 0 Å². The van der Waals surface area contributed by atoms with E-state index in [4.69, 9.17) is 0 Å². The van der Waals surface area contributed by atoms with Gasteiger partial charge in [-0.05, 0) is 43.5 Å². The molecule has 0 spiro atoms. The molecule has 1 aromatic carbocycles. The standard InChI is InChI=1S/C16H27N/c1-3-5-6-7-8-15-9-11-16(12-10-15)13-14-17-4-2/h9-12,17H,3-8,13-14H2,1-2H3. The maximum Gasteiger partial charge on any atom is -0.000847 e. The van der Waals surface area contributed by atoms with Crippen LogP contribution < -0.4 is 5.32 Å². The average molecular weight is 233 g/mol. The van der Waals surface area contributed by atoms with E-state index in [0.717, 1.165) is 19.5 Å². The molecule has 0 bridgehead atoms. The maximum atomic E-state index is 3.36. The van der Waals surface area contributed by atoms with E-state index in [9.17, 15) is 0 Å². The summed E-state index contributed by atoms with van der Waals surface area (Å²) in [5, 5.41) is 3.36. The van der Waals surface area contributed by atoms with Crippen molar-refractivity contribution in [3.8, 4) is 0 Å². The van der Waals surface area contributed by atoms with E-state index >= 15 is 0 Å². The Balaban J connectivity index is 2.24. The van der Waals surface area contributed by atoms with Gasteiger partial charge in [0.05, 0.1) is 0 Å². The van der Waals surface area contributed by atoms with Crippen LogP contribution in [0.15, 0.2) is 24.3 Å². The number of hydrogen-bond donors (Lipinski definition) is 1. The summed E-state index contributed by atoms with van der Waals surface area (Å²) in [6.07, 6.45) is 7.80. The molecule has 17 heavy (non-hydrogen) atoms. The largest absolute Gasteiger partial charge is 0.317 e. The Labute approximate surface area is 107 Å². The van der Waals surface area contributed by atoms with Crippen molar-refractivity contribution in [1.82, 2.24) is 5.32 Å². The highest BCUT2D eigenvalue weighted by molar-refractivity contribution is 5.22. The van der Waals surface area contributed by atoms with Crippen molar-refractivity contribution >= 4 is 0 Å². The Hall–Kier alpha value is -0.820. The molecule has 1 aromatic rings. The molecule has 0 unspecified atom stereocenters. The van der Waals surface area contributed by atoms with Gasteiger partial charge in [-0.3, -0.25) is 0 Å². The average Bonchev–Trinajstić information content (AvgIpc) is 2.37. The molecular formula is C16H27N. The first-order valence-electron chi connectivity index (χ1n) is 7.15. The van der Waals surface area contributed by atoms with Gasteiger partial charge in [0, 0.05) is 0 Å². The number of likely N-dealkylation sites (N-methyl/N-ethyl adjacent to an activating group) is 1. The molecule has 0 atom stereocenters. The van der Waals surface area contributed by atoms with Gasteiger partial charge >= 0.3 is 0 Å². The predicted molar refractivity (Wildman–Crippen MR) is 76.5 cm³/mol. The topological polar surface area (TPSA) is 12.0 Å². The van der Waals surface area contributed by atoms with Gasteiger partial charge in [-0.25, -0.2) is 0 Å². The molecule has 0 saturated heterocycles. The minimum Gasteiger partial charge on any atom is -0.317 e. The van der Waals surface area contributed by atoms with Crippen LogP contribution >= 0.6 is 0 Å². The Morgan fingerprint density at radius 3 is 2.06 bits per heavy atom. The van der Waals surface area contributed by atoms with Crippen molar-refractivity contribution in [2.24, 2.45) is 0 Å². The summed E-state index contributed by atoms with van der Waals surface area (Å²) in [6.45, 7) is 6.57. The zero-order valence-electron chi connectivity index (χ0n) is 11.5. The van der Waals surface area contributed by atoms with Gasteiger partial charge in [-0.15, -0.1) is 0 Å². The molecule has 96 valence electrons. The SMILES string of the molecule is CCCCCCc1ccc(CCNCC)cc1. The maximum absolute atomic E-state index is 3.36. The van der Waals surface area contributed by atoms with E-state index < -0.39 is 0 Å². The number of unbranched alkanes of at least 4 members (excludes halogenated alkanes) is 3. The number of nitrogens with one attached hydrogen (secondary N) is 1. The lowest BCUT2D eigenvalue weighted by Gasteiger charge is -2.05. The van der Waals surface area contributed by atoms with Gasteiger partial charge in [-0.2, -0.15) is 0 Å². The van der Waals surface area contributed by atoms with Crippen LogP contribution in [0, 0.1) is 0 Å². The Kier molecular flexibility index (Phi) is 7.74. The minimum atomic E-state index is 1.06. The van der Waals surface area contributed by atoms with Crippen molar-refractivity contribution < 1.29 is 0 Å². The molecule has 0 amide bonds. The van der Waals surface area contributed by atoms with Gasteiger partial charge in [0.15, 0.2) is 0 Å². The molecule has 0 aliphatic heterocycles. The van der Waals surface area contributed by atoms with Crippen molar-refractivity contribution in [1.29, 1.82) is 0 Å². The Morgan fingerprint density at radius 1 is 0.824 bits per heavy atom. The van der Waals surface area contributed by atoms with E-state index in [0.29, 0.717) is 0 Å². The second kappa shape index (κ2) is 9.23. The third-order valence-corrected chi connectivity index (χ3v) is 3.18. The second-order valence-electron chi connectivity index (χ2n) is 4.73. The third kappa shape index (κ3) is 6.48. The van der Waals surface area contributed by atoms with E-state index in [1.165, 1.54) is 43.2 Å². The van der Waals surface area contributed by atoms with Crippen LogP contribution in [0.4, 0.5) is 0 Å². The first-order chi connectivity index (χ1) is 8.36. The van der Waals surface area contributed by atoms with Crippen LogP contribution in [0.2, 0.25) is 0 Å². The Morgan fingerprint density at radius 2 is 1.47 bits per heavy atom. The van der Waals surface area contributed by atoms with Crippen molar-refractivity contribution in [3.05, 3.63) is 35.4 Å². The Bertz CT molecular complexity index is 276. The number of hydrogen-bond acceptors (Lipinski definition) is 1. The molecule has 0 fully saturated rings. The molecule has 1 heteroatoms. The van der Waals surface area contributed by atoms with Crippen molar-refractivity contribution in [2.75, 3.05) is 13.1 Å². The monoisotopic (exact) mass is 233 g/mol. The lowest BCUT2D eigenvalue weighted by molar-refractivity contribution is 0.666. The molecule has 0 heterocycles. The summed E-state index contributed by atoms with van der Waals surface area (Å²) < 4.78 is 0. The predicted octanol–water partition coefficient (Wildman–Crippen LogP) is 3.96. The normalized spacial score (nSPS) is 10.7. The van der Waals surface area contributed by atoms with E-state index in [1.54, 1.807) is 0 Å². The molecule has 0 radical (unpaired) electrons. The lowest BCUT2D eigenvalue weighted by atomic mass is 10.0. The van der Waals surface area contributed by atoms with Crippen LogP contribution in [0.25, 0.3) is 0 Å². The number of rotatable bonds is 9. The summed E-state index contributed by atoms with van der Waals surface area (Å²) in [4.78, 5) is 0.